The standard InChI is InChI=1S/C12H13N5O3/c1-16(2)11(18)9-5-7(3-4-14-9)17-6-8(13)10(15-17)12(19)20/h3-6H,13H2,1-2H3,(H,19,20). The van der Waals surface area contributed by atoms with Crippen LogP contribution >= 0.6 is 0 Å². The summed E-state index contributed by atoms with van der Waals surface area (Å²) in [5.41, 5.74) is 6.13. The van der Waals surface area contributed by atoms with E-state index < -0.39 is 5.97 Å². The fourth-order valence-corrected chi connectivity index (χ4v) is 1.59. The van der Waals surface area contributed by atoms with Gasteiger partial charge in [-0.15, -0.1) is 0 Å². The first-order chi connectivity index (χ1) is 9.40. The Balaban J connectivity index is 2.44. The number of nitrogens with two attached hydrogens (primary N) is 1. The number of carboxylic acid groups (broad SMARTS) is 1. The lowest BCUT2D eigenvalue weighted by Crippen LogP contribution is -2.22. The van der Waals surface area contributed by atoms with E-state index >= 15 is 0 Å². The highest BCUT2D eigenvalue weighted by atomic mass is 16.4. The number of nitrogen functional groups attached to an aromatic ring is 1. The normalized spacial score (nSPS) is 10.3. The smallest absolute Gasteiger partial charge is 0.358 e. The van der Waals surface area contributed by atoms with Gasteiger partial charge in [-0.1, -0.05) is 0 Å². The lowest BCUT2D eigenvalue weighted by Gasteiger charge is -2.10. The van der Waals surface area contributed by atoms with Crippen LogP contribution in [0.1, 0.15) is 21.0 Å². The van der Waals surface area contributed by atoms with Crippen LogP contribution in [0.25, 0.3) is 5.69 Å². The Morgan fingerprint density at radius 3 is 2.65 bits per heavy atom. The molecule has 2 aromatic heterocycles. The van der Waals surface area contributed by atoms with E-state index in [9.17, 15) is 9.59 Å². The van der Waals surface area contributed by atoms with Crippen molar-refractivity contribution in [2.45, 2.75) is 0 Å². The number of rotatable bonds is 3. The molecule has 0 radical (unpaired) electrons. The number of pyridine rings is 1. The molecule has 2 aromatic rings. The Labute approximate surface area is 114 Å². The second kappa shape index (κ2) is 5.00. The monoisotopic (exact) mass is 275 g/mol. The molecule has 8 heteroatoms. The van der Waals surface area contributed by atoms with Gasteiger partial charge in [-0.05, 0) is 12.1 Å². The van der Waals surface area contributed by atoms with Crippen LogP contribution in [0.4, 0.5) is 5.69 Å². The van der Waals surface area contributed by atoms with Gasteiger partial charge in [-0.3, -0.25) is 9.78 Å². The molecule has 0 bridgehead atoms. The molecule has 2 heterocycles. The summed E-state index contributed by atoms with van der Waals surface area (Å²) < 4.78 is 1.30. The number of aromatic carboxylic acids is 1. The van der Waals surface area contributed by atoms with Crippen LogP contribution in [0.5, 0.6) is 0 Å². The zero-order valence-electron chi connectivity index (χ0n) is 10.9. The molecule has 0 aromatic carbocycles. The van der Waals surface area contributed by atoms with E-state index in [-0.39, 0.29) is 23.0 Å². The third-order valence-electron chi connectivity index (χ3n) is 2.58. The number of aromatic nitrogens is 3. The minimum Gasteiger partial charge on any atom is -0.476 e. The Morgan fingerprint density at radius 2 is 2.10 bits per heavy atom. The minimum absolute atomic E-state index is 0.0507. The van der Waals surface area contributed by atoms with Crippen molar-refractivity contribution in [3.05, 3.63) is 35.9 Å². The molecule has 1 amide bonds. The predicted octanol–water partition coefficient (Wildman–Crippen LogP) is 0.249. The third-order valence-corrected chi connectivity index (χ3v) is 2.58. The molecule has 20 heavy (non-hydrogen) atoms. The number of amides is 1. The van der Waals surface area contributed by atoms with E-state index in [1.807, 2.05) is 0 Å². The lowest BCUT2D eigenvalue weighted by atomic mass is 10.3. The largest absolute Gasteiger partial charge is 0.476 e. The van der Waals surface area contributed by atoms with Gasteiger partial charge < -0.3 is 15.7 Å². The van der Waals surface area contributed by atoms with Crippen LogP contribution in [0.3, 0.4) is 0 Å². The third kappa shape index (κ3) is 2.44. The predicted molar refractivity (Wildman–Crippen MR) is 70.7 cm³/mol. The maximum Gasteiger partial charge on any atom is 0.358 e. The van der Waals surface area contributed by atoms with Crippen molar-refractivity contribution in [2.75, 3.05) is 19.8 Å². The van der Waals surface area contributed by atoms with Gasteiger partial charge in [0.15, 0.2) is 5.69 Å². The summed E-state index contributed by atoms with van der Waals surface area (Å²) in [7, 11) is 3.23. The molecule has 0 fully saturated rings. The maximum absolute atomic E-state index is 11.8. The van der Waals surface area contributed by atoms with Gasteiger partial charge in [-0.25, -0.2) is 9.48 Å². The molecule has 2 rings (SSSR count). The van der Waals surface area contributed by atoms with Crippen molar-refractivity contribution >= 4 is 17.6 Å². The second-order valence-electron chi connectivity index (χ2n) is 4.28. The summed E-state index contributed by atoms with van der Waals surface area (Å²) >= 11 is 0. The van der Waals surface area contributed by atoms with Crippen molar-refractivity contribution in [1.82, 2.24) is 19.7 Å². The number of nitrogens with zero attached hydrogens (tertiary/aromatic N) is 4. The number of carbonyl (C=O) groups is 2. The molecule has 8 nitrogen and oxygen atoms in total. The summed E-state index contributed by atoms with van der Waals surface area (Å²) in [6.45, 7) is 0. The van der Waals surface area contributed by atoms with Crippen LogP contribution < -0.4 is 5.73 Å². The second-order valence-corrected chi connectivity index (χ2v) is 4.28. The van der Waals surface area contributed by atoms with Gasteiger partial charge >= 0.3 is 5.97 Å². The van der Waals surface area contributed by atoms with Crippen LogP contribution in [0, 0.1) is 0 Å². The molecular weight excluding hydrogens is 262 g/mol. The van der Waals surface area contributed by atoms with Gasteiger partial charge in [0, 0.05) is 20.3 Å². The summed E-state index contributed by atoms with van der Waals surface area (Å²) in [6.07, 6.45) is 2.83. The van der Waals surface area contributed by atoms with E-state index in [0.717, 1.165) is 0 Å². The molecule has 0 spiro atoms. The average Bonchev–Trinajstić information content (AvgIpc) is 2.80. The highest BCUT2D eigenvalue weighted by molar-refractivity contribution is 5.92. The topological polar surface area (TPSA) is 114 Å². The molecule has 0 saturated carbocycles. The van der Waals surface area contributed by atoms with Gasteiger partial charge in [0.25, 0.3) is 5.91 Å². The Bertz CT molecular complexity index is 677. The van der Waals surface area contributed by atoms with Crippen LogP contribution in [-0.2, 0) is 0 Å². The Morgan fingerprint density at radius 1 is 1.40 bits per heavy atom. The number of anilines is 1. The molecule has 0 atom stereocenters. The van der Waals surface area contributed by atoms with Crippen molar-refractivity contribution < 1.29 is 14.7 Å². The molecule has 0 aliphatic carbocycles. The average molecular weight is 275 g/mol. The molecule has 104 valence electrons. The first kappa shape index (κ1) is 13.5. The van der Waals surface area contributed by atoms with E-state index in [1.54, 1.807) is 20.2 Å². The van der Waals surface area contributed by atoms with Crippen LogP contribution in [0.15, 0.2) is 24.5 Å². The fraction of sp³-hybridized carbons (Fsp3) is 0.167. The van der Waals surface area contributed by atoms with Gasteiger partial charge in [-0.2, -0.15) is 5.10 Å². The highest BCUT2D eigenvalue weighted by Crippen LogP contribution is 2.15. The molecule has 0 aliphatic heterocycles. The summed E-state index contributed by atoms with van der Waals surface area (Å²) in [5, 5.41) is 12.8. The number of carbonyl (C=O) groups excluding carboxylic acids is 1. The number of carboxylic acids is 1. The first-order valence-corrected chi connectivity index (χ1v) is 5.66. The zero-order valence-corrected chi connectivity index (χ0v) is 10.9. The molecule has 0 unspecified atom stereocenters. The minimum atomic E-state index is -1.21. The Hall–Kier alpha value is -2.90. The zero-order chi connectivity index (χ0) is 14.9. The number of hydrogen-bond donors (Lipinski definition) is 2. The SMILES string of the molecule is CN(C)C(=O)c1cc(-n2cc(N)c(C(=O)O)n2)ccn1. The number of hydrogen-bond acceptors (Lipinski definition) is 5. The summed E-state index contributed by atoms with van der Waals surface area (Å²) in [4.78, 5) is 28.1. The van der Waals surface area contributed by atoms with Crippen LogP contribution in [0.2, 0.25) is 0 Å². The first-order valence-electron chi connectivity index (χ1n) is 5.66. The van der Waals surface area contributed by atoms with Crippen molar-refractivity contribution in [2.24, 2.45) is 0 Å². The van der Waals surface area contributed by atoms with E-state index in [4.69, 9.17) is 10.8 Å². The van der Waals surface area contributed by atoms with Crippen molar-refractivity contribution in [1.29, 1.82) is 0 Å². The molecular formula is C12H13N5O3. The van der Waals surface area contributed by atoms with E-state index in [1.165, 1.54) is 28.0 Å². The lowest BCUT2D eigenvalue weighted by molar-refractivity contribution is 0.0690. The van der Waals surface area contributed by atoms with Gasteiger partial charge in [0.1, 0.15) is 5.69 Å². The molecule has 3 N–H and O–H groups in total. The summed E-state index contributed by atoms with van der Waals surface area (Å²) in [6, 6.07) is 3.12. The highest BCUT2D eigenvalue weighted by Gasteiger charge is 2.15. The van der Waals surface area contributed by atoms with E-state index in [0.29, 0.717) is 5.69 Å². The van der Waals surface area contributed by atoms with Crippen LogP contribution in [-0.4, -0.2) is 50.7 Å². The maximum atomic E-state index is 11.8. The fourth-order valence-electron chi connectivity index (χ4n) is 1.59. The summed E-state index contributed by atoms with van der Waals surface area (Å²) in [5.74, 6) is -1.47. The van der Waals surface area contributed by atoms with Crippen molar-refractivity contribution in [3.63, 3.8) is 0 Å². The quantitative estimate of drug-likeness (QED) is 0.829. The molecule has 0 aliphatic rings. The van der Waals surface area contributed by atoms with E-state index in [2.05, 4.69) is 10.1 Å². The Kier molecular flexibility index (Phi) is 3.38. The van der Waals surface area contributed by atoms with Crippen molar-refractivity contribution in [3.8, 4) is 5.69 Å². The van der Waals surface area contributed by atoms with Gasteiger partial charge in [0.05, 0.1) is 17.6 Å². The molecule has 0 saturated heterocycles. The van der Waals surface area contributed by atoms with Gasteiger partial charge in [0.2, 0.25) is 0 Å².